The lowest BCUT2D eigenvalue weighted by Crippen LogP contribution is -2.14. The predicted octanol–water partition coefficient (Wildman–Crippen LogP) is 1.83. The number of anilines is 2. The third kappa shape index (κ3) is 3.43. The summed E-state index contributed by atoms with van der Waals surface area (Å²) in [5.41, 5.74) is 1.05. The van der Waals surface area contributed by atoms with Gasteiger partial charge in [0.15, 0.2) is 0 Å². The Balaban J connectivity index is 2.02. The predicted molar refractivity (Wildman–Crippen MR) is 76.4 cm³/mol. The summed E-state index contributed by atoms with van der Waals surface area (Å²) in [7, 11) is 0. The van der Waals surface area contributed by atoms with Gasteiger partial charge in [0, 0.05) is 31.0 Å². The quantitative estimate of drug-likeness (QED) is 0.829. The van der Waals surface area contributed by atoms with E-state index in [0.29, 0.717) is 0 Å². The lowest BCUT2D eigenvalue weighted by molar-refractivity contribution is 0.636. The molecule has 2 aromatic heterocycles. The van der Waals surface area contributed by atoms with Crippen LogP contribution in [0.4, 0.5) is 11.6 Å². The highest BCUT2D eigenvalue weighted by atomic mass is 15.3. The molecule has 0 unspecified atom stereocenters. The molecule has 0 aliphatic rings. The molecule has 0 saturated carbocycles. The Labute approximate surface area is 113 Å². The highest BCUT2D eigenvalue weighted by molar-refractivity contribution is 5.57. The van der Waals surface area contributed by atoms with E-state index in [1.54, 1.807) is 6.20 Å². The van der Waals surface area contributed by atoms with Gasteiger partial charge in [-0.05, 0) is 26.8 Å². The molecule has 0 bridgehead atoms. The number of rotatable bonds is 6. The van der Waals surface area contributed by atoms with Crippen molar-refractivity contribution in [2.45, 2.75) is 27.3 Å². The molecule has 0 aromatic carbocycles. The van der Waals surface area contributed by atoms with Crippen LogP contribution in [0.3, 0.4) is 0 Å². The van der Waals surface area contributed by atoms with Gasteiger partial charge in [-0.1, -0.05) is 0 Å². The highest BCUT2D eigenvalue weighted by Crippen LogP contribution is 2.19. The molecule has 6 nitrogen and oxygen atoms in total. The minimum absolute atomic E-state index is 0.767. The van der Waals surface area contributed by atoms with Gasteiger partial charge in [0.05, 0.1) is 6.54 Å². The Morgan fingerprint density at radius 2 is 1.89 bits per heavy atom. The van der Waals surface area contributed by atoms with Crippen molar-refractivity contribution in [2.24, 2.45) is 0 Å². The van der Waals surface area contributed by atoms with Gasteiger partial charge < -0.3 is 10.6 Å². The monoisotopic (exact) mass is 260 g/mol. The number of hydrogen-bond donors (Lipinski definition) is 2. The van der Waals surface area contributed by atoms with Crippen molar-refractivity contribution in [2.75, 3.05) is 23.7 Å². The van der Waals surface area contributed by atoms with Gasteiger partial charge in [0.25, 0.3) is 0 Å². The maximum absolute atomic E-state index is 4.44. The Morgan fingerprint density at radius 3 is 2.53 bits per heavy atom. The molecule has 2 aromatic rings. The normalized spacial score (nSPS) is 10.5. The summed E-state index contributed by atoms with van der Waals surface area (Å²) in [6.07, 6.45) is 3.73. The van der Waals surface area contributed by atoms with Crippen molar-refractivity contribution >= 4 is 11.6 Å². The zero-order valence-electron chi connectivity index (χ0n) is 11.6. The lowest BCUT2D eigenvalue weighted by Gasteiger charge is -2.13. The van der Waals surface area contributed by atoms with E-state index in [9.17, 15) is 0 Å². The summed E-state index contributed by atoms with van der Waals surface area (Å²) in [5.74, 6) is 2.55. The minimum atomic E-state index is 0.767. The molecule has 0 amide bonds. The molecule has 0 spiro atoms. The first-order chi connectivity index (χ1) is 9.20. The van der Waals surface area contributed by atoms with E-state index in [4.69, 9.17) is 0 Å². The molecule has 6 heteroatoms. The number of hydrogen-bond acceptors (Lipinski definition) is 5. The summed E-state index contributed by atoms with van der Waals surface area (Å²) in [4.78, 5) is 8.84. The largest absolute Gasteiger partial charge is 0.370 e. The molecule has 0 atom stereocenters. The van der Waals surface area contributed by atoms with E-state index < -0.39 is 0 Å². The van der Waals surface area contributed by atoms with Crippen LogP contribution in [0.2, 0.25) is 0 Å². The molecular weight excluding hydrogens is 240 g/mol. The molecule has 2 N–H and O–H groups in total. The molecule has 0 saturated heterocycles. The number of aryl methyl sites for hydroxylation is 1. The molecule has 0 aliphatic heterocycles. The third-order valence-corrected chi connectivity index (χ3v) is 2.79. The second kappa shape index (κ2) is 6.17. The first-order valence-electron chi connectivity index (χ1n) is 6.51. The van der Waals surface area contributed by atoms with E-state index >= 15 is 0 Å². The molecular formula is C13H20N6. The molecule has 0 aliphatic carbocycles. The number of nitrogens with one attached hydrogen (secondary N) is 2. The van der Waals surface area contributed by atoms with Crippen molar-refractivity contribution < 1.29 is 0 Å². The van der Waals surface area contributed by atoms with Crippen molar-refractivity contribution in [1.82, 2.24) is 19.7 Å². The zero-order valence-corrected chi connectivity index (χ0v) is 11.6. The average Bonchev–Trinajstić information content (AvgIpc) is 2.88. The van der Waals surface area contributed by atoms with Crippen molar-refractivity contribution in [1.29, 1.82) is 0 Å². The topological polar surface area (TPSA) is 67.7 Å². The van der Waals surface area contributed by atoms with Crippen molar-refractivity contribution in [3.05, 3.63) is 29.8 Å². The maximum Gasteiger partial charge on any atom is 0.134 e. The van der Waals surface area contributed by atoms with Gasteiger partial charge in [-0.3, -0.25) is 4.68 Å². The van der Waals surface area contributed by atoms with Crippen LogP contribution in [0.15, 0.2) is 18.5 Å². The standard InChI is InChI=1S/C13H20N6/c1-4-14-12-10(2)13(18-11(3)17-12)15-7-9-19-8-5-6-16-19/h5-6,8H,4,7,9H2,1-3H3,(H2,14,15,17,18). The highest BCUT2D eigenvalue weighted by Gasteiger charge is 2.07. The minimum Gasteiger partial charge on any atom is -0.370 e. The van der Waals surface area contributed by atoms with Crippen LogP contribution in [0.5, 0.6) is 0 Å². The number of nitrogens with zero attached hydrogens (tertiary/aromatic N) is 4. The van der Waals surface area contributed by atoms with Gasteiger partial charge >= 0.3 is 0 Å². The molecule has 2 rings (SSSR count). The van der Waals surface area contributed by atoms with E-state index in [0.717, 1.165) is 42.7 Å². The summed E-state index contributed by atoms with van der Waals surface area (Å²) >= 11 is 0. The summed E-state index contributed by atoms with van der Waals surface area (Å²) in [6.45, 7) is 8.43. The van der Waals surface area contributed by atoms with E-state index in [1.165, 1.54) is 0 Å². The molecule has 0 fully saturated rings. The van der Waals surface area contributed by atoms with Gasteiger partial charge in [-0.15, -0.1) is 0 Å². The average molecular weight is 260 g/mol. The zero-order chi connectivity index (χ0) is 13.7. The maximum atomic E-state index is 4.44. The van der Waals surface area contributed by atoms with Crippen LogP contribution in [0.1, 0.15) is 18.3 Å². The van der Waals surface area contributed by atoms with Crippen molar-refractivity contribution in [3.63, 3.8) is 0 Å². The lowest BCUT2D eigenvalue weighted by atomic mass is 10.3. The Kier molecular flexibility index (Phi) is 4.33. The number of aromatic nitrogens is 4. The van der Waals surface area contributed by atoms with Gasteiger partial charge in [0.1, 0.15) is 17.5 Å². The van der Waals surface area contributed by atoms with Crippen LogP contribution in [0, 0.1) is 13.8 Å². The van der Waals surface area contributed by atoms with E-state index in [2.05, 4.69) is 32.6 Å². The summed E-state index contributed by atoms with van der Waals surface area (Å²) in [6, 6.07) is 1.92. The summed E-state index contributed by atoms with van der Waals surface area (Å²) < 4.78 is 1.89. The first kappa shape index (κ1) is 13.3. The second-order valence-electron chi connectivity index (χ2n) is 4.32. The third-order valence-electron chi connectivity index (χ3n) is 2.79. The SMILES string of the molecule is CCNc1nc(C)nc(NCCn2cccn2)c1C. The van der Waals surface area contributed by atoms with Crippen LogP contribution in [0.25, 0.3) is 0 Å². The van der Waals surface area contributed by atoms with Gasteiger partial charge in [-0.25, -0.2) is 9.97 Å². The van der Waals surface area contributed by atoms with Crippen LogP contribution in [-0.4, -0.2) is 32.8 Å². The van der Waals surface area contributed by atoms with Gasteiger partial charge in [-0.2, -0.15) is 5.10 Å². The van der Waals surface area contributed by atoms with Crippen molar-refractivity contribution in [3.8, 4) is 0 Å². The second-order valence-corrected chi connectivity index (χ2v) is 4.32. The molecule has 19 heavy (non-hydrogen) atoms. The van der Waals surface area contributed by atoms with E-state index in [-0.39, 0.29) is 0 Å². The Morgan fingerprint density at radius 1 is 1.16 bits per heavy atom. The Bertz CT molecular complexity index is 520. The van der Waals surface area contributed by atoms with Crippen LogP contribution in [-0.2, 0) is 6.54 Å². The Hall–Kier alpha value is -2.11. The fourth-order valence-corrected chi connectivity index (χ4v) is 1.86. The fourth-order valence-electron chi connectivity index (χ4n) is 1.86. The van der Waals surface area contributed by atoms with E-state index in [1.807, 2.05) is 30.8 Å². The molecule has 2 heterocycles. The molecule has 0 radical (unpaired) electrons. The van der Waals surface area contributed by atoms with Crippen LogP contribution >= 0.6 is 0 Å². The van der Waals surface area contributed by atoms with Crippen LogP contribution < -0.4 is 10.6 Å². The molecule has 102 valence electrons. The fraction of sp³-hybridized carbons (Fsp3) is 0.462. The van der Waals surface area contributed by atoms with Gasteiger partial charge in [0.2, 0.25) is 0 Å². The smallest absolute Gasteiger partial charge is 0.134 e. The summed E-state index contributed by atoms with van der Waals surface area (Å²) in [5, 5.41) is 10.8. The first-order valence-corrected chi connectivity index (χ1v) is 6.51.